The molecule has 4 nitrogen and oxygen atoms in total. The van der Waals surface area contributed by atoms with Gasteiger partial charge in [-0.1, -0.05) is 29.8 Å². The number of H-pyrrole nitrogens is 1. The Hall–Kier alpha value is -2.59. The SMILES string of the molecule is CCN=C1C(c2c(O)[nH]c3cc(C)c(Cl)cc23)=Nc2ccccc21. The van der Waals surface area contributed by atoms with Gasteiger partial charge in [-0.25, -0.2) is 4.99 Å². The standard InChI is InChI=1S/C19H16ClN3O/c1-3-21-17-11-6-4-5-7-14(11)22-18(17)16-12-9-13(20)10(2)8-15(12)23-19(16)24/h4-9,23-24H,3H2,1-2H3. The number of benzene rings is 2. The summed E-state index contributed by atoms with van der Waals surface area (Å²) in [4.78, 5) is 12.4. The second kappa shape index (κ2) is 5.49. The molecule has 0 spiro atoms. The van der Waals surface area contributed by atoms with Crippen molar-refractivity contribution in [1.82, 2.24) is 4.98 Å². The Morgan fingerprint density at radius 1 is 1.25 bits per heavy atom. The first-order chi connectivity index (χ1) is 11.6. The molecular weight excluding hydrogens is 322 g/mol. The Kier molecular flexibility index (Phi) is 3.43. The maximum absolute atomic E-state index is 10.5. The molecule has 3 aromatic rings. The summed E-state index contributed by atoms with van der Waals surface area (Å²) in [7, 11) is 0. The minimum atomic E-state index is 0.0852. The third kappa shape index (κ3) is 2.14. The Morgan fingerprint density at radius 3 is 2.83 bits per heavy atom. The van der Waals surface area contributed by atoms with E-state index in [0.717, 1.165) is 33.4 Å². The topological polar surface area (TPSA) is 60.7 Å². The predicted molar refractivity (Wildman–Crippen MR) is 99.4 cm³/mol. The zero-order valence-electron chi connectivity index (χ0n) is 13.4. The number of aromatic nitrogens is 1. The molecule has 0 unspecified atom stereocenters. The van der Waals surface area contributed by atoms with Gasteiger partial charge in [0.05, 0.1) is 17.0 Å². The van der Waals surface area contributed by atoms with Gasteiger partial charge >= 0.3 is 0 Å². The molecule has 1 aliphatic heterocycles. The molecule has 1 aromatic heterocycles. The maximum atomic E-state index is 10.5. The number of fused-ring (bicyclic) bond motifs is 2. The molecule has 0 radical (unpaired) electrons. The van der Waals surface area contributed by atoms with Crippen molar-refractivity contribution in [3.63, 3.8) is 0 Å². The van der Waals surface area contributed by atoms with E-state index in [1.165, 1.54) is 0 Å². The number of halogens is 1. The zero-order chi connectivity index (χ0) is 16.8. The molecule has 0 amide bonds. The van der Waals surface area contributed by atoms with Gasteiger partial charge in [-0.2, -0.15) is 0 Å². The van der Waals surface area contributed by atoms with E-state index in [1.54, 1.807) is 0 Å². The average molecular weight is 338 g/mol. The van der Waals surface area contributed by atoms with Gasteiger partial charge in [-0.3, -0.25) is 4.99 Å². The van der Waals surface area contributed by atoms with Crippen LogP contribution in [0.2, 0.25) is 5.02 Å². The third-order valence-corrected chi connectivity index (χ3v) is 4.63. The van der Waals surface area contributed by atoms with E-state index in [4.69, 9.17) is 16.6 Å². The number of nitrogens with zero attached hydrogens (tertiary/aromatic N) is 2. The summed E-state index contributed by atoms with van der Waals surface area (Å²) in [6.07, 6.45) is 0. The summed E-state index contributed by atoms with van der Waals surface area (Å²) in [6.45, 7) is 4.57. The number of aliphatic imine (C=N–C) groups is 2. The summed E-state index contributed by atoms with van der Waals surface area (Å²) in [5.41, 5.74) is 5.78. The summed E-state index contributed by atoms with van der Waals surface area (Å²) < 4.78 is 0. The van der Waals surface area contributed by atoms with Gasteiger partial charge in [0.25, 0.3) is 0 Å². The monoisotopic (exact) mass is 337 g/mol. The van der Waals surface area contributed by atoms with Crippen LogP contribution in [0.3, 0.4) is 0 Å². The number of aryl methyl sites for hydroxylation is 1. The molecule has 5 heteroatoms. The average Bonchev–Trinajstić information content (AvgIpc) is 3.06. The Balaban J connectivity index is 2.00. The van der Waals surface area contributed by atoms with E-state index in [0.29, 0.717) is 22.8 Å². The molecule has 0 fully saturated rings. The van der Waals surface area contributed by atoms with Crippen molar-refractivity contribution in [2.75, 3.05) is 6.54 Å². The van der Waals surface area contributed by atoms with Crippen LogP contribution in [-0.2, 0) is 0 Å². The van der Waals surface area contributed by atoms with Crippen LogP contribution >= 0.6 is 11.6 Å². The normalized spacial score (nSPS) is 15.1. The van der Waals surface area contributed by atoms with E-state index >= 15 is 0 Å². The Labute approximate surface area is 144 Å². The molecule has 0 atom stereocenters. The number of aromatic amines is 1. The number of nitrogens with one attached hydrogen (secondary N) is 1. The lowest BCUT2D eigenvalue weighted by atomic mass is 10.0. The molecule has 24 heavy (non-hydrogen) atoms. The van der Waals surface area contributed by atoms with Gasteiger partial charge in [0.1, 0.15) is 5.71 Å². The number of hydrogen-bond acceptors (Lipinski definition) is 3. The molecule has 2 heterocycles. The van der Waals surface area contributed by atoms with Gasteiger partial charge in [0.2, 0.25) is 0 Å². The van der Waals surface area contributed by atoms with E-state index in [-0.39, 0.29) is 5.88 Å². The Bertz CT molecular complexity index is 1030. The van der Waals surface area contributed by atoms with Crippen LogP contribution in [0.5, 0.6) is 5.88 Å². The van der Waals surface area contributed by atoms with E-state index < -0.39 is 0 Å². The highest BCUT2D eigenvalue weighted by atomic mass is 35.5. The van der Waals surface area contributed by atoms with Crippen molar-refractivity contribution in [2.24, 2.45) is 9.98 Å². The van der Waals surface area contributed by atoms with E-state index in [1.807, 2.05) is 50.2 Å². The van der Waals surface area contributed by atoms with Crippen molar-refractivity contribution < 1.29 is 5.11 Å². The van der Waals surface area contributed by atoms with Gasteiger partial charge in [-0.05, 0) is 37.6 Å². The predicted octanol–water partition coefficient (Wildman–Crippen LogP) is 4.78. The fourth-order valence-corrected chi connectivity index (χ4v) is 3.28. The van der Waals surface area contributed by atoms with E-state index in [9.17, 15) is 5.11 Å². The van der Waals surface area contributed by atoms with Crippen LogP contribution < -0.4 is 0 Å². The zero-order valence-corrected chi connectivity index (χ0v) is 14.1. The van der Waals surface area contributed by atoms with Gasteiger partial charge in [0, 0.05) is 28.0 Å². The molecule has 1 aliphatic rings. The maximum Gasteiger partial charge on any atom is 0.199 e. The number of hydrogen-bond donors (Lipinski definition) is 2. The molecule has 0 saturated carbocycles. The van der Waals surface area contributed by atoms with Crippen LogP contribution in [0.15, 0.2) is 46.4 Å². The minimum Gasteiger partial charge on any atom is -0.494 e. The Morgan fingerprint density at radius 2 is 2.04 bits per heavy atom. The van der Waals surface area contributed by atoms with Crippen molar-refractivity contribution in [1.29, 1.82) is 0 Å². The summed E-state index contributed by atoms with van der Waals surface area (Å²) in [6, 6.07) is 11.7. The molecular formula is C19H16ClN3O. The first kappa shape index (κ1) is 15.0. The molecule has 4 rings (SSSR count). The smallest absolute Gasteiger partial charge is 0.199 e. The molecule has 2 N–H and O–H groups in total. The fraction of sp³-hybridized carbons (Fsp3) is 0.158. The summed E-state index contributed by atoms with van der Waals surface area (Å²) >= 11 is 6.30. The quantitative estimate of drug-likeness (QED) is 0.694. The highest BCUT2D eigenvalue weighted by Crippen LogP contribution is 2.37. The molecule has 0 saturated heterocycles. The van der Waals surface area contributed by atoms with Crippen molar-refractivity contribution in [3.8, 4) is 5.88 Å². The van der Waals surface area contributed by atoms with E-state index in [2.05, 4.69) is 9.98 Å². The van der Waals surface area contributed by atoms with Crippen molar-refractivity contribution in [2.45, 2.75) is 13.8 Å². The number of rotatable bonds is 2. The first-order valence-corrected chi connectivity index (χ1v) is 8.22. The first-order valence-electron chi connectivity index (χ1n) is 7.84. The fourth-order valence-electron chi connectivity index (χ4n) is 3.11. The molecule has 120 valence electrons. The van der Waals surface area contributed by atoms with Crippen LogP contribution in [0.1, 0.15) is 23.6 Å². The van der Waals surface area contributed by atoms with Crippen molar-refractivity contribution >= 4 is 39.6 Å². The van der Waals surface area contributed by atoms with Crippen molar-refractivity contribution in [3.05, 3.63) is 58.1 Å². The molecule has 2 aromatic carbocycles. The van der Waals surface area contributed by atoms with Crippen LogP contribution in [0.4, 0.5) is 5.69 Å². The summed E-state index contributed by atoms with van der Waals surface area (Å²) in [5.74, 6) is 0.0852. The van der Waals surface area contributed by atoms with Gasteiger partial charge < -0.3 is 10.1 Å². The minimum absolute atomic E-state index is 0.0852. The van der Waals surface area contributed by atoms with Crippen LogP contribution in [0.25, 0.3) is 10.9 Å². The lowest BCUT2D eigenvalue weighted by Gasteiger charge is -2.05. The summed E-state index contributed by atoms with van der Waals surface area (Å²) in [5, 5.41) is 12.0. The lowest BCUT2D eigenvalue weighted by Crippen LogP contribution is -2.13. The van der Waals surface area contributed by atoms with Crippen LogP contribution in [-0.4, -0.2) is 28.1 Å². The largest absolute Gasteiger partial charge is 0.494 e. The second-order valence-electron chi connectivity index (χ2n) is 5.80. The molecule has 0 bridgehead atoms. The van der Waals surface area contributed by atoms with Crippen LogP contribution in [0, 0.1) is 6.92 Å². The van der Waals surface area contributed by atoms with Gasteiger partial charge in [-0.15, -0.1) is 0 Å². The number of para-hydroxylation sites is 1. The highest BCUT2D eigenvalue weighted by molar-refractivity contribution is 6.58. The van der Waals surface area contributed by atoms with Gasteiger partial charge in [0.15, 0.2) is 5.88 Å². The third-order valence-electron chi connectivity index (χ3n) is 4.23. The number of aromatic hydroxyl groups is 1. The lowest BCUT2D eigenvalue weighted by molar-refractivity contribution is 0.457. The highest BCUT2D eigenvalue weighted by Gasteiger charge is 2.28. The second-order valence-corrected chi connectivity index (χ2v) is 6.20. The molecule has 0 aliphatic carbocycles.